The highest BCUT2D eigenvalue weighted by Gasteiger charge is 2.45. The van der Waals surface area contributed by atoms with Gasteiger partial charge in [-0.25, -0.2) is 0 Å². The zero-order valence-corrected chi connectivity index (χ0v) is 19.6. The lowest BCUT2D eigenvalue weighted by atomic mass is 9.77. The molecule has 2 saturated carbocycles. The lowest BCUT2D eigenvalue weighted by molar-refractivity contribution is -0.191. The number of ether oxygens (including phenoxy) is 1. The number of hydrogen-bond acceptors (Lipinski definition) is 5. The first-order chi connectivity index (χ1) is 15.9. The molecule has 0 bridgehead atoms. The van der Waals surface area contributed by atoms with Crippen molar-refractivity contribution in [3.05, 3.63) is 69.7 Å². The third-order valence-corrected chi connectivity index (χ3v) is 8.60. The molecule has 0 amide bonds. The van der Waals surface area contributed by atoms with E-state index >= 15 is 0 Å². The molecule has 2 aromatic carbocycles. The molecule has 5 N–H and O–H groups in total. The number of aliphatic hydroxyl groups is 3. The van der Waals surface area contributed by atoms with E-state index < -0.39 is 30.5 Å². The third-order valence-electron chi connectivity index (χ3n) is 8.23. The highest BCUT2D eigenvalue weighted by Crippen LogP contribution is 2.58. The molecule has 2 aliphatic carbocycles. The van der Waals surface area contributed by atoms with Crippen molar-refractivity contribution in [2.75, 3.05) is 6.61 Å². The summed E-state index contributed by atoms with van der Waals surface area (Å²) in [6.07, 6.45) is 5.15. The van der Waals surface area contributed by atoms with E-state index in [1.807, 2.05) is 6.07 Å². The second-order valence-electron chi connectivity index (χ2n) is 10.4. The smallest absolute Gasteiger partial charge is 0.111 e. The molecule has 1 heterocycles. The van der Waals surface area contributed by atoms with Crippen LogP contribution in [0.4, 0.5) is 0 Å². The molecule has 1 spiro atoms. The molecule has 3 fully saturated rings. The lowest BCUT2D eigenvalue weighted by Gasteiger charge is -2.41. The van der Waals surface area contributed by atoms with Crippen LogP contribution in [0.3, 0.4) is 0 Å². The normalized spacial score (nSPS) is 31.6. The van der Waals surface area contributed by atoms with Gasteiger partial charge in [-0.05, 0) is 84.6 Å². The van der Waals surface area contributed by atoms with Crippen molar-refractivity contribution in [3.8, 4) is 0 Å². The van der Waals surface area contributed by atoms with Gasteiger partial charge in [-0.3, -0.25) is 0 Å². The maximum absolute atomic E-state index is 10.6. The molecular weight excluding hydrogens is 438 g/mol. The number of hydrogen-bond donors (Lipinski definition) is 4. The van der Waals surface area contributed by atoms with Crippen LogP contribution >= 0.6 is 11.6 Å². The monoisotopic (exact) mass is 471 g/mol. The Labute approximate surface area is 200 Å². The molecule has 0 radical (unpaired) electrons. The standard InChI is InChI=1S/C27H34ClNO4/c28-21-6-5-19(26-25(32)23(29)24(31)22(15-30)33-26)14-20(21)13-16-1-3-17(4-2-16)18-7-9-27(10-8-18)11-12-27/h1-6,14,18,22-26,30-32H,7-13,15,29H2. The second-order valence-corrected chi connectivity index (χ2v) is 10.8. The molecule has 2 aromatic rings. The molecular formula is C27H34ClNO4. The van der Waals surface area contributed by atoms with Gasteiger partial charge in [0.25, 0.3) is 0 Å². The Morgan fingerprint density at radius 2 is 1.61 bits per heavy atom. The molecule has 1 aliphatic heterocycles. The van der Waals surface area contributed by atoms with Crippen molar-refractivity contribution >= 4 is 11.6 Å². The van der Waals surface area contributed by atoms with Crippen molar-refractivity contribution in [3.63, 3.8) is 0 Å². The Morgan fingerprint density at radius 3 is 2.24 bits per heavy atom. The predicted molar refractivity (Wildman–Crippen MR) is 128 cm³/mol. The summed E-state index contributed by atoms with van der Waals surface area (Å²) >= 11 is 6.51. The molecule has 5 rings (SSSR count). The SMILES string of the molecule is NC1C(O)C(CO)OC(c2ccc(Cl)c(Cc3ccc(C4CCC5(CC4)CC5)cc3)c2)C1O. The molecule has 0 aromatic heterocycles. The van der Waals surface area contributed by atoms with Crippen molar-refractivity contribution in [2.24, 2.45) is 11.1 Å². The van der Waals surface area contributed by atoms with Crippen LogP contribution in [0.25, 0.3) is 0 Å². The maximum Gasteiger partial charge on any atom is 0.111 e. The minimum atomic E-state index is -1.12. The van der Waals surface area contributed by atoms with Gasteiger partial charge in [-0.15, -0.1) is 0 Å². The van der Waals surface area contributed by atoms with Crippen molar-refractivity contribution in [1.82, 2.24) is 0 Å². The van der Waals surface area contributed by atoms with E-state index in [9.17, 15) is 15.3 Å². The van der Waals surface area contributed by atoms with Gasteiger partial charge in [-0.2, -0.15) is 0 Å². The molecule has 33 heavy (non-hydrogen) atoms. The highest BCUT2D eigenvalue weighted by molar-refractivity contribution is 6.31. The average Bonchev–Trinajstić information content (AvgIpc) is 3.59. The summed E-state index contributed by atoms with van der Waals surface area (Å²) in [5.41, 5.74) is 11.0. The average molecular weight is 472 g/mol. The first kappa shape index (κ1) is 23.3. The summed E-state index contributed by atoms with van der Waals surface area (Å²) in [6, 6.07) is 13.6. The Balaban J connectivity index is 1.29. The van der Waals surface area contributed by atoms with E-state index in [0.717, 1.165) is 11.1 Å². The second kappa shape index (κ2) is 9.29. The van der Waals surface area contributed by atoms with Crippen LogP contribution in [0.2, 0.25) is 5.02 Å². The Kier molecular flexibility index (Phi) is 6.55. The summed E-state index contributed by atoms with van der Waals surface area (Å²) in [7, 11) is 0. The van der Waals surface area contributed by atoms with Crippen LogP contribution in [0.15, 0.2) is 42.5 Å². The van der Waals surface area contributed by atoms with E-state index in [2.05, 4.69) is 24.3 Å². The van der Waals surface area contributed by atoms with Gasteiger partial charge in [-0.1, -0.05) is 48.0 Å². The zero-order valence-electron chi connectivity index (χ0n) is 18.9. The molecule has 5 nitrogen and oxygen atoms in total. The predicted octanol–water partition coefficient (Wildman–Crippen LogP) is 3.85. The molecule has 1 saturated heterocycles. The largest absolute Gasteiger partial charge is 0.394 e. The molecule has 5 unspecified atom stereocenters. The zero-order chi connectivity index (χ0) is 23.2. The number of nitrogens with two attached hydrogens (primary N) is 1. The van der Waals surface area contributed by atoms with Crippen molar-refractivity contribution in [2.45, 2.75) is 81.3 Å². The van der Waals surface area contributed by atoms with Crippen LogP contribution in [0.1, 0.15) is 72.8 Å². The van der Waals surface area contributed by atoms with Gasteiger partial charge in [0.05, 0.1) is 12.6 Å². The lowest BCUT2D eigenvalue weighted by Crippen LogP contribution is -2.59. The minimum Gasteiger partial charge on any atom is -0.394 e. The van der Waals surface area contributed by atoms with Crippen LogP contribution in [-0.2, 0) is 11.2 Å². The quantitative estimate of drug-likeness (QED) is 0.531. The summed E-state index contributed by atoms with van der Waals surface area (Å²) in [4.78, 5) is 0. The molecule has 5 atom stereocenters. The molecule has 3 aliphatic rings. The van der Waals surface area contributed by atoms with E-state index in [-0.39, 0.29) is 6.61 Å². The fourth-order valence-electron chi connectivity index (χ4n) is 5.70. The van der Waals surface area contributed by atoms with Gasteiger partial charge < -0.3 is 25.8 Å². The van der Waals surface area contributed by atoms with E-state index in [4.69, 9.17) is 22.1 Å². The molecule has 6 heteroatoms. The molecule has 178 valence electrons. The van der Waals surface area contributed by atoms with Crippen LogP contribution < -0.4 is 5.73 Å². The van der Waals surface area contributed by atoms with E-state index in [0.29, 0.717) is 22.8 Å². The third kappa shape index (κ3) is 4.72. The van der Waals surface area contributed by atoms with E-state index in [1.165, 1.54) is 49.7 Å². The maximum atomic E-state index is 10.6. The van der Waals surface area contributed by atoms with Crippen LogP contribution in [-0.4, -0.2) is 46.3 Å². The Morgan fingerprint density at radius 1 is 0.939 bits per heavy atom. The van der Waals surface area contributed by atoms with Crippen molar-refractivity contribution in [1.29, 1.82) is 0 Å². The van der Waals surface area contributed by atoms with Gasteiger partial charge in [0.15, 0.2) is 0 Å². The Hall–Kier alpha value is -1.47. The fourth-order valence-corrected chi connectivity index (χ4v) is 5.89. The first-order valence-electron chi connectivity index (χ1n) is 12.1. The summed E-state index contributed by atoms with van der Waals surface area (Å²) in [6.45, 7) is -0.368. The van der Waals surface area contributed by atoms with Gasteiger partial charge >= 0.3 is 0 Å². The van der Waals surface area contributed by atoms with Gasteiger partial charge in [0, 0.05) is 5.02 Å². The number of benzene rings is 2. The Bertz CT molecular complexity index is 965. The summed E-state index contributed by atoms with van der Waals surface area (Å²) < 4.78 is 5.79. The summed E-state index contributed by atoms with van der Waals surface area (Å²) in [5, 5.41) is 30.9. The minimum absolute atomic E-state index is 0.368. The van der Waals surface area contributed by atoms with Crippen LogP contribution in [0, 0.1) is 5.41 Å². The number of rotatable bonds is 5. The number of halogens is 1. The van der Waals surface area contributed by atoms with Crippen molar-refractivity contribution < 1.29 is 20.1 Å². The first-order valence-corrected chi connectivity index (χ1v) is 12.5. The van der Waals surface area contributed by atoms with Gasteiger partial charge in [0.2, 0.25) is 0 Å². The highest BCUT2D eigenvalue weighted by atomic mass is 35.5. The number of aliphatic hydroxyl groups excluding tert-OH is 3. The van der Waals surface area contributed by atoms with Gasteiger partial charge in [0.1, 0.15) is 24.4 Å². The summed E-state index contributed by atoms with van der Waals surface area (Å²) in [5.74, 6) is 0.682. The van der Waals surface area contributed by atoms with E-state index in [1.54, 1.807) is 12.1 Å². The topological polar surface area (TPSA) is 95.9 Å². The van der Waals surface area contributed by atoms with Crippen LogP contribution in [0.5, 0.6) is 0 Å². The fraction of sp³-hybridized carbons (Fsp3) is 0.556.